The van der Waals surface area contributed by atoms with Crippen molar-refractivity contribution in [3.05, 3.63) is 77.9 Å². The van der Waals surface area contributed by atoms with Gasteiger partial charge in [0.25, 0.3) is 11.8 Å². The first kappa shape index (κ1) is 22.8. The number of ether oxygens (including phenoxy) is 1. The van der Waals surface area contributed by atoms with E-state index in [1.165, 1.54) is 0 Å². The summed E-state index contributed by atoms with van der Waals surface area (Å²) >= 11 is 0. The summed E-state index contributed by atoms with van der Waals surface area (Å²) in [6.07, 6.45) is 4.02. The van der Waals surface area contributed by atoms with E-state index in [4.69, 9.17) is 4.74 Å². The largest absolute Gasteiger partial charge is 0.490 e. The number of aliphatic hydroxyl groups is 1. The van der Waals surface area contributed by atoms with Crippen molar-refractivity contribution in [1.82, 2.24) is 10.6 Å². The van der Waals surface area contributed by atoms with Crippen LogP contribution in [0.3, 0.4) is 0 Å². The van der Waals surface area contributed by atoms with Crippen LogP contribution in [0.5, 0.6) is 5.75 Å². The zero-order valence-corrected chi connectivity index (χ0v) is 18.6. The van der Waals surface area contributed by atoms with Crippen LogP contribution in [0.2, 0.25) is 0 Å². The van der Waals surface area contributed by atoms with E-state index in [0.717, 1.165) is 42.2 Å². The van der Waals surface area contributed by atoms with E-state index >= 15 is 0 Å². The summed E-state index contributed by atoms with van der Waals surface area (Å²) in [6.45, 7) is 0.934. The summed E-state index contributed by atoms with van der Waals surface area (Å²) in [5.41, 5.74) is 1.15. The molecule has 0 saturated heterocycles. The lowest BCUT2D eigenvalue weighted by atomic mass is 9.88. The molecule has 4 rings (SSSR count). The number of aliphatic hydroxyl groups excluding tert-OH is 1. The summed E-state index contributed by atoms with van der Waals surface area (Å²) < 4.78 is 6.02. The number of carbonyl (C=O) groups is 2. The average Bonchev–Trinajstić information content (AvgIpc) is 2.87. The van der Waals surface area contributed by atoms with Crippen LogP contribution in [0.15, 0.2) is 66.7 Å². The Morgan fingerprint density at radius 2 is 1.39 bits per heavy atom. The summed E-state index contributed by atoms with van der Waals surface area (Å²) in [5.74, 6) is 0.796. The second-order valence-corrected chi connectivity index (χ2v) is 8.54. The van der Waals surface area contributed by atoms with Crippen molar-refractivity contribution in [1.29, 1.82) is 0 Å². The van der Waals surface area contributed by atoms with Crippen LogP contribution in [0.4, 0.5) is 0 Å². The lowest BCUT2D eigenvalue weighted by Crippen LogP contribution is -2.34. The Hall–Kier alpha value is -3.38. The maximum Gasteiger partial charge on any atom is 0.251 e. The van der Waals surface area contributed by atoms with Crippen molar-refractivity contribution in [3.63, 3.8) is 0 Å². The Bertz CT molecular complexity index is 1090. The summed E-state index contributed by atoms with van der Waals surface area (Å²) in [6, 6.07) is 20.6. The fourth-order valence-electron chi connectivity index (χ4n) is 4.20. The Morgan fingerprint density at radius 1 is 0.788 bits per heavy atom. The molecule has 0 atom stereocenters. The molecule has 3 aromatic carbocycles. The second kappa shape index (κ2) is 11.0. The molecule has 6 heteroatoms. The van der Waals surface area contributed by atoms with Gasteiger partial charge in [-0.3, -0.25) is 9.59 Å². The number of nitrogens with one attached hydrogen (secondary N) is 2. The van der Waals surface area contributed by atoms with Crippen LogP contribution in [-0.4, -0.2) is 42.7 Å². The number of fused-ring (bicyclic) bond motifs is 1. The van der Waals surface area contributed by atoms with E-state index in [-0.39, 0.29) is 24.5 Å². The van der Waals surface area contributed by atoms with E-state index in [9.17, 15) is 14.7 Å². The number of amides is 2. The van der Waals surface area contributed by atoms with Gasteiger partial charge in [-0.15, -0.1) is 0 Å². The molecule has 0 aliphatic heterocycles. The molecular weight excluding hydrogens is 416 g/mol. The smallest absolute Gasteiger partial charge is 0.251 e. The minimum absolute atomic E-state index is 0.162. The minimum Gasteiger partial charge on any atom is -0.490 e. The zero-order valence-electron chi connectivity index (χ0n) is 18.6. The molecule has 1 aliphatic carbocycles. The van der Waals surface area contributed by atoms with Crippen molar-refractivity contribution in [2.75, 3.05) is 19.7 Å². The van der Waals surface area contributed by atoms with Crippen LogP contribution in [-0.2, 0) is 0 Å². The highest BCUT2D eigenvalue weighted by Gasteiger charge is 2.21. The number of benzene rings is 3. The highest BCUT2D eigenvalue weighted by Crippen LogP contribution is 2.27. The fraction of sp³-hybridized carbons (Fsp3) is 0.333. The maximum absolute atomic E-state index is 12.4. The second-order valence-electron chi connectivity index (χ2n) is 8.54. The molecule has 0 bridgehead atoms. The van der Waals surface area contributed by atoms with Crippen molar-refractivity contribution in [3.8, 4) is 5.75 Å². The van der Waals surface area contributed by atoms with Crippen molar-refractivity contribution in [2.45, 2.75) is 31.8 Å². The molecule has 0 aromatic heterocycles. The third kappa shape index (κ3) is 6.11. The van der Waals surface area contributed by atoms with Crippen molar-refractivity contribution in [2.24, 2.45) is 5.92 Å². The predicted molar refractivity (Wildman–Crippen MR) is 129 cm³/mol. The van der Waals surface area contributed by atoms with Gasteiger partial charge >= 0.3 is 0 Å². The number of hydrogen-bond donors (Lipinski definition) is 3. The molecule has 0 spiro atoms. The van der Waals surface area contributed by atoms with Crippen LogP contribution in [0.25, 0.3) is 10.8 Å². The molecule has 0 heterocycles. The molecule has 3 N–H and O–H groups in total. The van der Waals surface area contributed by atoms with Crippen molar-refractivity contribution < 1.29 is 19.4 Å². The van der Waals surface area contributed by atoms with Gasteiger partial charge in [-0.25, -0.2) is 0 Å². The molecule has 3 aromatic rings. The Balaban J connectivity index is 1.19. The molecule has 172 valence electrons. The molecule has 1 fully saturated rings. The highest BCUT2D eigenvalue weighted by atomic mass is 16.5. The first-order chi connectivity index (χ1) is 16.1. The van der Waals surface area contributed by atoms with Gasteiger partial charge in [0, 0.05) is 30.8 Å². The Kier molecular flexibility index (Phi) is 7.58. The number of rotatable bonds is 8. The third-order valence-electron chi connectivity index (χ3n) is 6.18. The molecular formula is C27H30N2O4. The molecule has 33 heavy (non-hydrogen) atoms. The van der Waals surface area contributed by atoms with Gasteiger partial charge in [0.15, 0.2) is 0 Å². The standard InChI is InChI=1S/C27H30N2O4/c30-18-19-5-11-24(12-6-19)33-25-13-9-21(10-14-25)26(31)28-15-16-29-27(32)23-8-7-20-3-1-2-4-22(20)17-23/h1-4,7-10,13-14,17,19,24,30H,5-6,11-12,15-16,18H2,(H,28,31)(H,29,32)/t19-,24+. The van der Waals surface area contributed by atoms with Gasteiger partial charge in [0.2, 0.25) is 0 Å². The first-order valence-corrected chi connectivity index (χ1v) is 11.5. The molecule has 2 amide bonds. The SMILES string of the molecule is O=C(NCCNC(=O)c1ccc2ccccc2c1)c1ccc(O[C@H]2CC[C@@H](CO)CC2)cc1. The van der Waals surface area contributed by atoms with Crippen LogP contribution in [0.1, 0.15) is 46.4 Å². The van der Waals surface area contributed by atoms with Crippen molar-refractivity contribution >= 4 is 22.6 Å². The lowest BCUT2D eigenvalue weighted by Gasteiger charge is -2.27. The van der Waals surface area contributed by atoms with Gasteiger partial charge < -0.3 is 20.5 Å². The van der Waals surface area contributed by atoms with E-state index < -0.39 is 0 Å². The van der Waals surface area contributed by atoms with Crippen LogP contribution >= 0.6 is 0 Å². The summed E-state index contributed by atoms with van der Waals surface area (Å²) in [5, 5.41) is 17.0. The van der Waals surface area contributed by atoms with Gasteiger partial charge in [0.1, 0.15) is 5.75 Å². The molecule has 1 aliphatic rings. The van der Waals surface area contributed by atoms with Gasteiger partial charge in [-0.2, -0.15) is 0 Å². The monoisotopic (exact) mass is 446 g/mol. The minimum atomic E-state index is -0.190. The van der Waals surface area contributed by atoms with E-state index in [0.29, 0.717) is 30.1 Å². The molecule has 0 unspecified atom stereocenters. The molecule has 1 saturated carbocycles. The molecule has 6 nitrogen and oxygen atoms in total. The topological polar surface area (TPSA) is 87.7 Å². The predicted octanol–water partition coefficient (Wildman–Crippen LogP) is 3.93. The maximum atomic E-state index is 12.4. The quantitative estimate of drug-likeness (QED) is 0.458. The molecule has 0 radical (unpaired) electrons. The lowest BCUT2D eigenvalue weighted by molar-refractivity contribution is 0.0927. The van der Waals surface area contributed by atoms with Crippen LogP contribution < -0.4 is 15.4 Å². The summed E-state index contributed by atoms with van der Waals surface area (Å²) in [7, 11) is 0. The average molecular weight is 447 g/mol. The van der Waals surface area contributed by atoms with Gasteiger partial charge in [-0.05, 0) is 78.8 Å². The first-order valence-electron chi connectivity index (χ1n) is 11.5. The van der Waals surface area contributed by atoms with E-state index in [2.05, 4.69) is 10.6 Å². The Morgan fingerprint density at radius 3 is 2.06 bits per heavy atom. The van der Waals surface area contributed by atoms with Crippen LogP contribution in [0, 0.1) is 5.92 Å². The summed E-state index contributed by atoms with van der Waals surface area (Å²) in [4.78, 5) is 24.8. The number of hydrogen-bond acceptors (Lipinski definition) is 4. The normalized spacial score (nSPS) is 18.0. The van der Waals surface area contributed by atoms with Gasteiger partial charge in [0.05, 0.1) is 6.10 Å². The van der Waals surface area contributed by atoms with E-state index in [1.54, 1.807) is 18.2 Å². The number of carbonyl (C=O) groups excluding carboxylic acids is 2. The van der Waals surface area contributed by atoms with E-state index in [1.807, 2.05) is 48.5 Å². The Labute approximate surface area is 194 Å². The highest BCUT2D eigenvalue weighted by molar-refractivity contribution is 5.98. The van der Waals surface area contributed by atoms with Gasteiger partial charge in [-0.1, -0.05) is 30.3 Å². The third-order valence-corrected chi connectivity index (χ3v) is 6.18. The fourth-order valence-corrected chi connectivity index (χ4v) is 4.20. The zero-order chi connectivity index (χ0) is 23.0.